The molecule has 26 heavy (non-hydrogen) atoms. The van der Waals surface area contributed by atoms with Crippen LogP contribution in [0.1, 0.15) is 22.8 Å². The highest BCUT2D eigenvalue weighted by Crippen LogP contribution is 2.12. The van der Waals surface area contributed by atoms with Crippen LogP contribution in [0.2, 0.25) is 0 Å². The third-order valence-corrected chi connectivity index (χ3v) is 3.39. The third-order valence-electron chi connectivity index (χ3n) is 3.39. The van der Waals surface area contributed by atoms with Gasteiger partial charge in [-0.15, -0.1) is 0 Å². The molecule has 2 aromatic rings. The molecular weight excluding hydrogens is 336 g/mol. The molecule has 0 saturated carbocycles. The number of phenols is 1. The van der Waals surface area contributed by atoms with Gasteiger partial charge in [-0.2, -0.15) is 0 Å². The zero-order valence-corrected chi connectivity index (χ0v) is 14.3. The topological polar surface area (TPSA) is 105 Å². The maximum absolute atomic E-state index is 11.9. The molecule has 7 nitrogen and oxygen atoms in total. The van der Waals surface area contributed by atoms with Gasteiger partial charge in [0, 0.05) is 17.8 Å². The van der Waals surface area contributed by atoms with Gasteiger partial charge in [0.1, 0.15) is 5.75 Å². The van der Waals surface area contributed by atoms with Crippen LogP contribution in [0.5, 0.6) is 5.75 Å². The lowest BCUT2D eigenvalue weighted by Gasteiger charge is -2.08. The van der Waals surface area contributed by atoms with E-state index in [4.69, 9.17) is 4.74 Å². The summed E-state index contributed by atoms with van der Waals surface area (Å²) in [6.45, 7) is 1.89. The molecule has 0 bridgehead atoms. The molecule has 0 unspecified atom stereocenters. The number of hydrogen-bond donors (Lipinski definition) is 3. The summed E-state index contributed by atoms with van der Waals surface area (Å²) in [6, 6.07) is 12.6. The molecule has 2 rings (SSSR count). The molecule has 0 aliphatic heterocycles. The number of anilines is 1. The fourth-order valence-corrected chi connectivity index (χ4v) is 2.18. The van der Waals surface area contributed by atoms with Crippen LogP contribution in [0.25, 0.3) is 0 Å². The number of nitrogens with one attached hydrogen (secondary N) is 2. The Balaban J connectivity index is 1.83. The standard InChI is InChI=1S/C19H20N2O5/c1-2-20-19(25)14-4-3-5-15(11-14)21-17(23)12-26-18(24)10-13-6-8-16(22)9-7-13/h3-9,11,22H,2,10,12H2,1H3,(H,20,25)(H,21,23). The van der Waals surface area contributed by atoms with Crippen LogP contribution in [0.3, 0.4) is 0 Å². The first-order chi connectivity index (χ1) is 12.5. The number of carbonyl (C=O) groups excluding carboxylic acids is 3. The number of benzene rings is 2. The van der Waals surface area contributed by atoms with Crippen molar-refractivity contribution in [1.82, 2.24) is 5.32 Å². The molecule has 0 fully saturated rings. The minimum absolute atomic E-state index is 0.000232. The minimum Gasteiger partial charge on any atom is -0.508 e. The Hall–Kier alpha value is -3.35. The van der Waals surface area contributed by atoms with Crippen LogP contribution in [0.4, 0.5) is 5.69 Å². The molecule has 0 aliphatic rings. The van der Waals surface area contributed by atoms with Crippen molar-refractivity contribution < 1.29 is 24.2 Å². The number of phenolic OH excluding ortho intramolecular Hbond substituents is 1. The molecular formula is C19H20N2O5. The average molecular weight is 356 g/mol. The van der Waals surface area contributed by atoms with Crippen molar-refractivity contribution in [3.63, 3.8) is 0 Å². The summed E-state index contributed by atoms with van der Waals surface area (Å²) in [7, 11) is 0. The quantitative estimate of drug-likeness (QED) is 0.657. The lowest BCUT2D eigenvalue weighted by Crippen LogP contribution is -2.24. The van der Waals surface area contributed by atoms with E-state index in [1.54, 1.807) is 36.4 Å². The maximum atomic E-state index is 11.9. The van der Waals surface area contributed by atoms with Gasteiger partial charge in [0.2, 0.25) is 0 Å². The van der Waals surface area contributed by atoms with Crippen LogP contribution in [-0.4, -0.2) is 36.0 Å². The second-order valence-electron chi connectivity index (χ2n) is 5.49. The molecule has 2 aromatic carbocycles. The van der Waals surface area contributed by atoms with Gasteiger partial charge in [-0.3, -0.25) is 14.4 Å². The fraction of sp³-hybridized carbons (Fsp3) is 0.211. The maximum Gasteiger partial charge on any atom is 0.310 e. The minimum atomic E-state index is -0.554. The van der Waals surface area contributed by atoms with Gasteiger partial charge in [-0.05, 0) is 42.8 Å². The van der Waals surface area contributed by atoms with Crippen LogP contribution >= 0.6 is 0 Å². The molecule has 0 spiro atoms. The Kier molecular flexibility index (Phi) is 6.73. The van der Waals surface area contributed by atoms with E-state index in [-0.39, 0.29) is 18.1 Å². The van der Waals surface area contributed by atoms with Crippen molar-refractivity contribution in [2.75, 3.05) is 18.5 Å². The molecule has 0 radical (unpaired) electrons. The average Bonchev–Trinajstić information content (AvgIpc) is 2.62. The Morgan fingerprint density at radius 2 is 1.81 bits per heavy atom. The van der Waals surface area contributed by atoms with Crippen molar-refractivity contribution in [3.05, 3.63) is 59.7 Å². The summed E-state index contributed by atoms with van der Waals surface area (Å²) >= 11 is 0. The van der Waals surface area contributed by atoms with Crippen LogP contribution < -0.4 is 10.6 Å². The van der Waals surface area contributed by atoms with Crippen molar-refractivity contribution in [1.29, 1.82) is 0 Å². The van der Waals surface area contributed by atoms with Gasteiger partial charge < -0.3 is 20.5 Å². The van der Waals surface area contributed by atoms with Crippen LogP contribution in [0.15, 0.2) is 48.5 Å². The van der Waals surface area contributed by atoms with E-state index in [0.717, 1.165) is 0 Å². The van der Waals surface area contributed by atoms with Crippen molar-refractivity contribution in [2.45, 2.75) is 13.3 Å². The first-order valence-electron chi connectivity index (χ1n) is 8.09. The van der Waals surface area contributed by atoms with Crippen molar-refractivity contribution >= 4 is 23.5 Å². The number of carbonyl (C=O) groups is 3. The summed E-state index contributed by atoms with van der Waals surface area (Å²) in [4.78, 5) is 35.4. The highest BCUT2D eigenvalue weighted by Gasteiger charge is 2.10. The predicted molar refractivity (Wildman–Crippen MR) is 95.8 cm³/mol. The predicted octanol–water partition coefficient (Wildman–Crippen LogP) is 1.87. The first kappa shape index (κ1) is 19.0. The Morgan fingerprint density at radius 3 is 2.50 bits per heavy atom. The van der Waals surface area contributed by atoms with Crippen LogP contribution in [0, 0.1) is 0 Å². The number of ether oxygens (including phenoxy) is 1. The van der Waals surface area contributed by atoms with E-state index >= 15 is 0 Å². The second-order valence-corrected chi connectivity index (χ2v) is 5.49. The van der Waals surface area contributed by atoms with Gasteiger partial charge in [-0.25, -0.2) is 0 Å². The Bertz CT molecular complexity index is 787. The van der Waals surface area contributed by atoms with Gasteiger partial charge in [0.25, 0.3) is 11.8 Å². The third kappa shape index (κ3) is 5.94. The molecule has 2 amide bonds. The number of hydrogen-bond acceptors (Lipinski definition) is 5. The van der Waals surface area contributed by atoms with Crippen molar-refractivity contribution in [2.24, 2.45) is 0 Å². The van der Waals surface area contributed by atoms with E-state index in [1.807, 2.05) is 6.92 Å². The fourth-order valence-electron chi connectivity index (χ4n) is 2.18. The molecule has 7 heteroatoms. The number of rotatable bonds is 7. The summed E-state index contributed by atoms with van der Waals surface area (Å²) in [5, 5.41) is 14.4. The smallest absolute Gasteiger partial charge is 0.310 e. The normalized spacial score (nSPS) is 10.0. The highest BCUT2D eigenvalue weighted by atomic mass is 16.5. The van der Waals surface area contributed by atoms with Gasteiger partial charge in [0.15, 0.2) is 6.61 Å². The summed E-state index contributed by atoms with van der Waals surface area (Å²) in [5.41, 5.74) is 1.53. The van der Waals surface area contributed by atoms with E-state index < -0.39 is 18.5 Å². The lowest BCUT2D eigenvalue weighted by molar-refractivity contribution is -0.146. The molecule has 0 saturated heterocycles. The van der Waals surface area contributed by atoms with E-state index in [2.05, 4.69) is 10.6 Å². The van der Waals surface area contributed by atoms with E-state index in [9.17, 15) is 19.5 Å². The summed E-state index contributed by atoms with van der Waals surface area (Å²) in [5.74, 6) is -1.18. The molecule has 0 heterocycles. The SMILES string of the molecule is CCNC(=O)c1cccc(NC(=O)COC(=O)Cc2ccc(O)cc2)c1. The highest BCUT2D eigenvalue weighted by molar-refractivity contribution is 5.97. The van der Waals surface area contributed by atoms with Gasteiger partial charge >= 0.3 is 5.97 Å². The largest absolute Gasteiger partial charge is 0.508 e. The molecule has 0 aromatic heterocycles. The Labute approximate surface area is 151 Å². The van der Waals surface area contributed by atoms with Crippen molar-refractivity contribution in [3.8, 4) is 5.75 Å². The van der Waals surface area contributed by atoms with Gasteiger partial charge in [0.05, 0.1) is 6.42 Å². The van der Waals surface area contributed by atoms with E-state index in [1.165, 1.54) is 12.1 Å². The zero-order chi connectivity index (χ0) is 18.9. The summed E-state index contributed by atoms with van der Waals surface area (Å²) in [6.07, 6.45) is 0.000232. The van der Waals surface area contributed by atoms with E-state index in [0.29, 0.717) is 23.4 Å². The molecule has 3 N–H and O–H groups in total. The summed E-state index contributed by atoms with van der Waals surface area (Å²) < 4.78 is 4.93. The molecule has 0 atom stereocenters. The number of aromatic hydroxyl groups is 1. The number of esters is 1. The monoisotopic (exact) mass is 356 g/mol. The number of amides is 2. The first-order valence-corrected chi connectivity index (χ1v) is 8.09. The molecule has 136 valence electrons. The molecule has 0 aliphatic carbocycles. The second kappa shape index (κ2) is 9.22. The zero-order valence-electron chi connectivity index (χ0n) is 14.3. The van der Waals surface area contributed by atoms with Gasteiger partial charge in [-0.1, -0.05) is 18.2 Å². The van der Waals surface area contributed by atoms with Crippen LogP contribution in [-0.2, 0) is 20.7 Å². The Morgan fingerprint density at radius 1 is 1.08 bits per heavy atom. The lowest BCUT2D eigenvalue weighted by atomic mass is 10.1.